The molecule has 2 heterocycles. The average molecular weight is 425 g/mol. The Bertz CT molecular complexity index is 1010. The van der Waals surface area contributed by atoms with Gasteiger partial charge in [0, 0.05) is 32.5 Å². The standard InChI is InChI=1S/C23H25FN4OS/c1-4-30-23-21(22(29)26-14-17-7-5-9-19(24)12-17)16(2)11-20(27-23)28(3)15-18-8-6-10-25-13-18/h5-13H,4,14-15H2,1-3H3,(H,26,29). The lowest BCUT2D eigenvalue weighted by atomic mass is 10.1. The molecule has 0 saturated carbocycles. The van der Waals surface area contributed by atoms with Crippen LogP contribution in [0.4, 0.5) is 10.2 Å². The molecule has 0 saturated heterocycles. The van der Waals surface area contributed by atoms with E-state index in [1.54, 1.807) is 18.3 Å². The molecule has 1 N–H and O–H groups in total. The van der Waals surface area contributed by atoms with E-state index < -0.39 is 0 Å². The van der Waals surface area contributed by atoms with Crippen LogP contribution in [0.2, 0.25) is 0 Å². The van der Waals surface area contributed by atoms with Gasteiger partial charge in [-0.25, -0.2) is 9.37 Å². The van der Waals surface area contributed by atoms with Crippen molar-refractivity contribution >= 4 is 23.5 Å². The van der Waals surface area contributed by atoms with E-state index in [0.29, 0.717) is 22.7 Å². The van der Waals surface area contributed by atoms with E-state index in [9.17, 15) is 9.18 Å². The van der Waals surface area contributed by atoms with Gasteiger partial charge in [0.2, 0.25) is 0 Å². The number of thioether (sulfide) groups is 1. The van der Waals surface area contributed by atoms with Gasteiger partial charge in [-0.15, -0.1) is 11.8 Å². The number of benzene rings is 1. The third-order valence-electron chi connectivity index (χ3n) is 4.55. The normalized spacial score (nSPS) is 10.7. The number of nitrogens with one attached hydrogen (secondary N) is 1. The van der Waals surface area contributed by atoms with Gasteiger partial charge in [-0.05, 0) is 53.6 Å². The minimum absolute atomic E-state index is 0.207. The van der Waals surface area contributed by atoms with Crippen LogP contribution in [-0.2, 0) is 13.1 Å². The molecule has 3 aromatic rings. The first kappa shape index (κ1) is 21.8. The van der Waals surface area contributed by atoms with Crippen LogP contribution >= 0.6 is 11.8 Å². The van der Waals surface area contributed by atoms with Crippen molar-refractivity contribution in [1.82, 2.24) is 15.3 Å². The molecule has 0 aliphatic carbocycles. The molecule has 156 valence electrons. The van der Waals surface area contributed by atoms with Crippen LogP contribution in [0.15, 0.2) is 59.9 Å². The summed E-state index contributed by atoms with van der Waals surface area (Å²) in [6.45, 7) is 4.87. The fraction of sp³-hybridized carbons (Fsp3) is 0.261. The number of rotatable bonds is 8. The van der Waals surface area contributed by atoms with Gasteiger partial charge in [0.05, 0.1) is 5.56 Å². The molecule has 0 radical (unpaired) electrons. The van der Waals surface area contributed by atoms with Gasteiger partial charge in [0.1, 0.15) is 16.7 Å². The monoisotopic (exact) mass is 424 g/mol. The largest absolute Gasteiger partial charge is 0.355 e. The predicted octanol–water partition coefficient (Wildman–Crippen LogP) is 4.60. The zero-order chi connectivity index (χ0) is 21.5. The van der Waals surface area contributed by atoms with Gasteiger partial charge in [-0.3, -0.25) is 9.78 Å². The maximum Gasteiger partial charge on any atom is 0.254 e. The summed E-state index contributed by atoms with van der Waals surface area (Å²) in [6.07, 6.45) is 3.58. The summed E-state index contributed by atoms with van der Waals surface area (Å²) in [5.41, 5.74) is 3.22. The van der Waals surface area contributed by atoms with E-state index in [1.165, 1.54) is 23.9 Å². The second-order valence-corrected chi connectivity index (χ2v) is 8.19. The number of pyridine rings is 2. The van der Waals surface area contributed by atoms with Crippen LogP contribution in [0.1, 0.15) is 34.0 Å². The van der Waals surface area contributed by atoms with Gasteiger partial charge in [0.25, 0.3) is 5.91 Å². The van der Waals surface area contributed by atoms with Crippen molar-refractivity contribution in [1.29, 1.82) is 0 Å². The zero-order valence-corrected chi connectivity index (χ0v) is 18.2. The molecule has 0 unspecified atom stereocenters. The second-order valence-electron chi connectivity index (χ2n) is 6.94. The number of nitrogens with zero attached hydrogens (tertiary/aromatic N) is 3. The molecular weight excluding hydrogens is 399 g/mol. The number of halogens is 1. The highest BCUT2D eigenvalue weighted by Gasteiger charge is 2.19. The first-order valence-electron chi connectivity index (χ1n) is 9.75. The van der Waals surface area contributed by atoms with Gasteiger partial charge in [-0.1, -0.05) is 25.1 Å². The minimum atomic E-state index is -0.317. The quantitative estimate of drug-likeness (QED) is 0.536. The van der Waals surface area contributed by atoms with Crippen LogP contribution < -0.4 is 10.2 Å². The minimum Gasteiger partial charge on any atom is -0.355 e. The van der Waals surface area contributed by atoms with Gasteiger partial charge < -0.3 is 10.2 Å². The lowest BCUT2D eigenvalue weighted by Gasteiger charge is -2.21. The molecule has 7 heteroatoms. The SMILES string of the molecule is CCSc1nc(N(C)Cc2cccnc2)cc(C)c1C(=O)NCc1cccc(F)c1. The lowest BCUT2D eigenvalue weighted by Crippen LogP contribution is -2.26. The Hall–Kier alpha value is -2.93. The fourth-order valence-corrected chi connectivity index (χ4v) is 3.93. The second kappa shape index (κ2) is 10.2. The number of hydrogen-bond donors (Lipinski definition) is 1. The fourth-order valence-electron chi connectivity index (χ4n) is 3.10. The van der Waals surface area contributed by atoms with Gasteiger partial charge in [-0.2, -0.15) is 0 Å². The van der Waals surface area contributed by atoms with Gasteiger partial charge in [0.15, 0.2) is 0 Å². The van der Waals surface area contributed by atoms with Crippen molar-refractivity contribution in [2.75, 3.05) is 17.7 Å². The topological polar surface area (TPSA) is 58.1 Å². The molecule has 0 bridgehead atoms. The first-order chi connectivity index (χ1) is 14.5. The molecule has 5 nitrogen and oxygen atoms in total. The molecular formula is C23H25FN4OS. The number of carbonyl (C=O) groups is 1. The third kappa shape index (κ3) is 5.57. The number of amides is 1. The van der Waals surface area contributed by atoms with E-state index in [4.69, 9.17) is 4.98 Å². The number of hydrogen-bond acceptors (Lipinski definition) is 5. The van der Waals surface area contributed by atoms with Crippen molar-refractivity contribution in [2.45, 2.75) is 32.0 Å². The van der Waals surface area contributed by atoms with Crippen molar-refractivity contribution in [3.8, 4) is 0 Å². The third-order valence-corrected chi connectivity index (χ3v) is 5.41. The number of carbonyl (C=O) groups excluding carboxylic acids is 1. The molecule has 0 aliphatic rings. The van der Waals surface area contributed by atoms with Gasteiger partial charge >= 0.3 is 0 Å². The van der Waals surface area contributed by atoms with E-state index >= 15 is 0 Å². The summed E-state index contributed by atoms with van der Waals surface area (Å²) in [5, 5.41) is 3.59. The Kier molecular flexibility index (Phi) is 7.41. The Balaban J connectivity index is 1.80. The molecule has 0 spiro atoms. The van der Waals surface area contributed by atoms with E-state index in [-0.39, 0.29) is 18.3 Å². The smallest absolute Gasteiger partial charge is 0.254 e. The molecule has 0 aliphatic heterocycles. The lowest BCUT2D eigenvalue weighted by molar-refractivity contribution is 0.0946. The average Bonchev–Trinajstić information content (AvgIpc) is 2.73. The highest BCUT2D eigenvalue weighted by molar-refractivity contribution is 7.99. The zero-order valence-electron chi connectivity index (χ0n) is 17.4. The number of aryl methyl sites for hydroxylation is 1. The highest BCUT2D eigenvalue weighted by Crippen LogP contribution is 2.27. The van der Waals surface area contributed by atoms with Crippen molar-refractivity contribution in [3.05, 3.63) is 82.9 Å². The molecule has 3 rings (SSSR count). The summed E-state index contributed by atoms with van der Waals surface area (Å²) in [5.74, 6) is 1.07. The molecule has 0 fully saturated rings. The maximum absolute atomic E-state index is 13.4. The van der Waals surface area contributed by atoms with Crippen LogP contribution in [0, 0.1) is 12.7 Å². The van der Waals surface area contributed by atoms with E-state index in [0.717, 1.165) is 22.7 Å². The van der Waals surface area contributed by atoms with Crippen LogP contribution in [-0.4, -0.2) is 28.7 Å². The Morgan fingerprint density at radius 2 is 2.00 bits per heavy atom. The Labute approximate surface area is 180 Å². The van der Waals surface area contributed by atoms with Crippen molar-refractivity contribution in [2.24, 2.45) is 0 Å². The first-order valence-corrected chi connectivity index (χ1v) is 10.7. The summed E-state index contributed by atoms with van der Waals surface area (Å²) in [4.78, 5) is 23.9. The molecule has 30 heavy (non-hydrogen) atoms. The molecule has 1 aromatic carbocycles. The number of anilines is 1. The van der Waals surface area contributed by atoms with Crippen molar-refractivity contribution < 1.29 is 9.18 Å². The predicted molar refractivity (Wildman–Crippen MR) is 119 cm³/mol. The maximum atomic E-state index is 13.4. The summed E-state index contributed by atoms with van der Waals surface area (Å²) < 4.78 is 13.4. The van der Waals surface area contributed by atoms with Crippen LogP contribution in [0.25, 0.3) is 0 Å². The summed E-state index contributed by atoms with van der Waals surface area (Å²) in [6, 6.07) is 12.1. The summed E-state index contributed by atoms with van der Waals surface area (Å²) in [7, 11) is 1.97. The van der Waals surface area contributed by atoms with Crippen LogP contribution in [0.5, 0.6) is 0 Å². The van der Waals surface area contributed by atoms with Crippen LogP contribution in [0.3, 0.4) is 0 Å². The molecule has 1 amide bonds. The van der Waals surface area contributed by atoms with E-state index in [1.807, 2.05) is 50.2 Å². The Morgan fingerprint density at radius 3 is 2.70 bits per heavy atom. The van der Waals surface area contributed by atoms with Crippen molar-refractivity contribution in [3.63, 3.8) is 0 Å². The Morgan fingerprint density at radius 1 is 1.20 bits per heavy atom. The van der Waals surface area contributed by atoms with E-state index in [2.05, 4.69) is 10.3 Å². The highest BCUT2D eigenvalue weighted by atomic mass is 32.2. The summed E-state index contributed by atoms with van der Waals surface area (Å²) >= 11 is 1.54. The molecule has 0 atom stereocenters. The molecule has 2 aromatic heterocycles. The number of aromatic nitrogens is 2.